The van der Waals surface area contributed by atoms with E-state index in [0.717, 1.165) is 41.0 Å². The van der Waals surface area contributed by atoms with Crippen molar-refractivity contribution in [1.29, 1.82) is 0 Å². The SMILES string of the molecule is C[C@@H](c1ccccc1)N(C)C(=O)CN1C(=O)C(=O)N(C2CCCC2)C1=O. The Bertz CT molecular complexity index is 728. The van der Waals surface area contributed by atoms with Crippen LogP contribution in [-0.4, -0.2) is 58.1 Å². The van der Waals surface area contributed by atoms with Crippen LogP contribution < -0.4 is 0 Å². The van der Waals surface area contributed by atoms with Crippen molar-refractivity contribution >= 4 is 23.8 Å². The van der Waals surface area contributed by atoms with Gasteiger partial charge in [-0.1, -0.05) is 43.2 Å². The van der Waals surface area contributed by atoms with Crippen molar-refractivity contribution in [1.82, 2.24) is 14.7 Å². The van der Waals surface area contributed by atoms with Gasteiger partial charge in [-0.15, -0.1) is 0 Å². The maximum absolute atomic E-state index is 12.6. The summed E-state index contributed by atoms with van der Waals surface area (Å²) in [7, 11) is 1.63. The van der Waals surface area contributed by atoms with Crippen LogP contribution in [0.3, 0.4) is 0 Å². The van der Waals surface area contributed by atoms with E-state index in [1.807, 2.05) is 37.3 Å². The van der Waals surface area contributed by atoms with Crippen LogP contribution in [0.5, 0.6) is 0 Å². The molecule has 1 saturated heterocycles. The molecular weight excluding hydrogens is 334 g/mol. The molecule has 1 aliphatic carbocycles. The van der Waals surface area contributed by atoms with Gasteiger partial charge >= 0.3 is 17.8 Å². The van der Waals surface area contributed by atoms with Gasteiger partial charge in [0.15, 0.2) is 0 Å². The molecule has 1 aromatic rings. The van der Waals surface area contributed by atoms with Gasteiger partial charge in [-0.2, -0.15) is 0 Å². The van der Waals surface area contributed by atoms with Gasteiger partial charge in [0.1, 0.15) is 6.54 Å². The Morgan fingerprint density at radius 3 is 2.35 bits per heavy atom. The molecule has 0 spiro atoms. The molecule has 3 rings (SSSR count). The molecule has 138 valence electrons. The molecule has 1 aliphatic heterocycles. The molecule has 1 saturated carbocycles. The molecule has 1 atom stereocenters. The maximum atomic E-state index is 12.6. The molecule has 26 heavy (non-hydrogen) atoms. The first-order valence-electron chi connectivity index (χ1n) is 8.91. The molecule has 7 heteroatoms. The lowest BCUT2D eigenvalue weighted by Gasteiger charge is -2.27. The lowest BCUT2D eigenvalue weighted by Crippen LogP contribution is -2.44. The number of nitrogens with zero attached hydrogens (tertiary/aromatic N) is 3. The maximum Gasteiger partial charge on any atom is 0.334 e. The van der Waals surface area contributed by atoms with Gasteiger partial charge in [0.05, 0.1) is 6.04 Å². The number of amides is 5. The number of rotatable bonds is 5. The number of benzene rings is 1. The van der Waals surface area contributed by atoms with Crippen LogP contribution in [0, 0.1) is 0 Å². The molecule has 0 N–H and O–H groups in total. The van der Waals surface area contributed by atoms with Crippen LogP contribution in [0.2, 0.25) is 0 Å². The first kappa shape index (κ1) is 18.1. The fraction of sp³-hybridized carbons (Fsp3) is 0.474. The van der Waals surface area contributed by atoms with Crippen LogP contribution in [0.4, 0.5) is 4.79 Å². The summed E-state index contributed by atoms with van der Waals surface area (Å²) in [5.41, 5.74) is 0.950. The zero-order chi connectivity index (χ0) is 18.8. The topological polar surface area (TPSA) is 78.0 Å². The minimum atomic E-state index is -0.906. The number of hydrogen-bond donors (Lipinski definition) is 0. The summed E-state index contributed by atoms with van der Waals surface area (Å²) in [6, 6.07) is 8.38. The summed E-state index contributed by atoms with van der Waals surface area (Å²) in [6.45, 7) is 1.46. The molecule has 0 unspecified atom stereocenters. The highest BCUT2D eigenvalue weighted by molar-refractivity contribution is 6.45. The Labute approximate surface area is 152 Å². The highest BCUT2D eigenvalue weighted by atomic mass is 16.2. The average molecular weight is 357 g/mol. The monoisotopic (exact) mass is 357 g/mol. The van der Waals surface area contributed by atoms with Gasteiger partial charge in [0.25, 0.3) is 0 Å². The van der Waals surface area contributed by atoms with Crippen molar-refractivity contribution in [2.45, 2.75) is 44.7 Å². The third kappa shape index (κ3) is 3.21. The van der Waals surface area contributed by atoms with E-state index >= 15 is 0 Å². The Hall–Kier alpha value is -2.70. The van der Waals surface area contributed by atoms with Crippen LogP contribution in [0.1, 0.15) is 44.2 Å². The number of urea groups is 1. The molecule has 0 aromatic heterocycles. The Morgan fingerprint density at radius 2 is 1.73 bits per heavy atom. The summed E-state index contributed by atoms with van der Waals surface area (Å²) in [5, 5.41) is 0. The molecule has 5 amide bonds. The quantitative estimate of drug-likeness (QED) is 0.596. The molecule has 0 radical (unpaired) electrons. The highest BCUT2D eigenvalue weighted by Crippen LogP contribution is 2.28. The highest BCUT2D eigenvalue weighted by Gasteiger charge is 2.48. The normalized spacial score (nSPS) is 19.4. The van der Waals surface area contributed by atoms with E-state index in [2.05, 4.69) is 0 Å². The largest absolute Gasteiger partial charge is 0.337 e. The minimum Gasteiger partial charge on any atom is -0.337 e. The molecule has 1 aromatic carbocycles. The van der Waals surface area contributed by atoms with E-state index < -0.39 is 24.4 Å². The number of carbonyl (C=O) groups excluding carboxylic acids is 4. The zero-order valence-corrected chi connectivity index (χ0v) is 15.1. The van der Waals surface area contributed by atoms with Crippen molar-refractivity contribution in [3.8, 4) is 0 Å². The van der Waals surface area contributed by atoms with Crippen molar-refractivity contribution in [2.24, 2.45) is 0 Å². The first-order chi connectivity index (χ1) is 12.4. The van der Waals surface area contributed by atoms with Gasteiger partial charge in [-0.05, 0) is 25.3 Å². The second kappa shape index (κ2) is 7.27. The third-order valence-electron chi connectivity index (χ3n) is 5.32. The van der Waals surface area contributed by atoms with E-state index in [-0.39, 0.29) is 18.0 Å². The standard InChI is InChI=1S/C19H23N3O4/c1-13(14-8-4-3-5-9-14)20(2)16(23)12-21-17(24)18(25)22(19(21)26)15-10-6-7-11-15/h3-5,8-9,13,15H,6-7,10-12H2,1-2H3/t13-/m0/s1. The summed E-state index contributed by atoms with van der Waals surface area (Å²) >= 11 is 0. The minimum absolute atomic E-state index is 0.210. The summed E-state index contributed by atoms with van der Waals surface area (Å²) in [6.07, 6.45) is 3.31. The zero-order valence-electron chi connectivity index (χ0n) is 15.1. The van der Waals surface area contributed by atoms with Crippen molar-refractivity contribution in [2.75, 3.05) is 13.6 Å². The fourth-order valence-electron chi connectivity index (χ4n) is 3.56. The second-order valence-electron chi connectivity index (χ2n) is 6.88. The Balaban J connectivity index is 1.69. The fourth-order valence-corrected chi connectivity index (χ4v) is 3.56. The summed E-state index contributed by atoms with van der Waals surface area (Å²) < 4.78 is 0. The van der Waals surface area contributed by atoms with E-state index in [4.69, 9.17) is 0 Å². The van der Waals surface area contributed by atoms with E-state index in [1.54, 1.807) is 7.05 Å². The van der Waals surface area contributed by atoms with Crippen molar-refractivity contribution in [3.63, 3.8) is 0 Å². The van der Waals surface area contributed by atoms with Crippen LogP contribution in [0.15, 0.2) is 30.3 Å². The van der Waals surface area contributed by atoms with Crippen molar-refractivity contribution < 1.29 is 19.2 Å². The summed E-state index contributed by atoms with van der Waals surface area (Å²) in [4.78, 5) is 52.9. The molecule has 2 fully saturated rings. The number of carbonyl (C=O) groups is 4. The number of hydrogen-bond acceptors (Lipinski definition) is 4. The number of likely N-dealkylation sites (N-methyl/N-ethyl adjacent to an activating group) is 1. The van der Waals surface area contributed by atoms with Gasteiger partial charge < -0.3 is 4.90 Å². The molecule has 2 aliphatic rings. The summed E-state index contributed by atoms with van der Waals surface area (Å²) in [5.74, 6) is -2.10. The van der Waals surface area contributed by atoms with E-state index in [9.17, 15) is 19.2 Å². The lowest BCUT2D eigenvalue weighted by molar-refractivity contribution is -0.145. The number of imide groups is 2. The van der Waals surface area contributed by atoms with Gasteiger partial charge in [-0.3, -0.25) is 19.3 Å². The Kier molecular flexibility index (Phi) is 5.06. The van der Waals surface area contributed by atoms with Crippen LogP contribution in [-0.2, 0) is 14.4 Å². The van der Waals surface area contributed by atoms with Crippen LogP contribution in [0.25, 0.3) is 0 Å². The first-order valence-corrected chi connectivity index (χ1v) is 8.91. The van der Waals surface area contributed by atoms with Gasteiger partial charge in [0, 0.05) is 13.1 Å². The second-order valence-corrected chi connectivity index (χ2v) is 6.88. The molecule has 1 heterocycles. The average Bonchev–Trinajstić information content (AvgIpc) is 3.24. The smallest absolute Gasteiger partial charge is 0.334 e. The van der Waals surface area contributed by atoms with Gasteiger partial charge in [0.2, 0.25) is 5.91 Å². The van der Waals surface area contributed by atoms with Crippen LogP contribution >= 0.6 is 0 Å². The predicted molar refractivity (Wildman–Crippen MR) is 93.8 cm³/mol. The molecular formula is C19H23N3O4. The van der Waals surface area contributed by atoms with Crippen molar-refractivity contribution in [3.05, 3.63) is 35.9 Å². The molecule has 7 nitrogen and oxygen atoms in total. The van der Waals surface area contributed by atoms with E-state index in [0.29, 0.717) is 0 Å². The Morgan fingerprint density at radius 1 is 1.12 bits per heavy atom. The molecule has 0 bridgehead atoms. The lowest BCUT2D eigenvalue weighted by atomic mass is 10.1. The predicted octanol–water partition coefficient (Wildman–Crippen LogP) is 1.94. The van der Waals surface area contributed by atoms with E-state index in [1.165, 1.54) is 4.90 Å². The van der Waals surface area contributed by atoms with Gasteiger partial charge in [-0.25, -0.2) is 9.69 Å². The third-order valence-corrected chi connectivity index (χ3v) is 5.32.